The van der Waals surface area contributed by atoms with E-state index in [1.54, 1.807) is 6.07 Å². The van der Waals surface area contributed by atoms with Crippen molar-refractivity contribution >= 4 is 28.1 Å². The third kappa shape index (κ3) is 5.62. The lowest BCUT2D eigenvalue weighted by Crippen LogP contribution is -2.27. The van der Waals surface area contributed by atoms with Crippen molar-refractivity contribution in [3.63, 3.8) is 0 Å². The van der Waals surface area contributed by atoms with Crippen LogP contribution in [0.4, 0.5) is 5.69 Å². The van der Waals surface area contributed by atoms with Gasteiger partial charge in [0.1, 0.15) is 5.75 Å². The van der Waals surface area contributed by atoms with Crippen LogP contribution in [0.3, 0.4) is 0 Å². The second-order valence-electron chi connectivity index (χ2n) is 8.16. The van der Waals surface area contributed by atoms with Gasteiger partial charge in [-0.15, -0.1) is 12.4 Å². The van der Waals surface area contributed by atoms with Crippen molar-refractivity contribution in [3.8, 4) is 11.8 Å². The Morgan fingerprint density at radius 2 is 1.94 bits per heavy atom. The summed E-state index contributed by atoms with van der Waals surface area (Å²) in [6.07, 6.45) is 1.53. The topological polar surface area (TPSA) is 126 Å². The van der Waals surface area contributed by atoms with E-state index >= 15 is 0 Å². The van der Waals surface area contributed by atoms with Gasteiger partial charge in [0.2, 0.25) is 10.0 Å². The highest BCUT2D eigenvalue weighted by Gasteiger charge is 2.38. The molecule has 0 radical (unpaired) electrons. The molecule has 0 spiro atoms. The molecule has 1 fully saturated rings. The van der Waals surface area contributed by atoms with E-state index in [1.807, 2.05) is 12.1 Å². The van der Waals surface area contributed by atoms with Gasteiger partial charge < -0.3 is 9.64 Å². The van der Waals surface area contributed by atoms with Crippen LogP contribution < -0.4 is 9.46 Å². The molecule has 2 heterocycles. The molecule has 0 aromatic heterocycles. The second kappa shape index (κ2) is 10.5. The van der Waals surface area contributed by atoms with E-state index < -0.39 is 14.9 Å². The van der Waals surface area contributed by atoms with Gasteiger partial charge in [0.15, 0.2) is 0 Å². The first kappa shape index (κ1) is 24.9. The maximum absolute atomic E-state index is 12.3. The third-order valence-electron chi connectivity index (χ3n) is 6.06. The molecular formula is C22H25ClN4O5S. The zero-order valence-electron chi connectivity index (χ0n) is 17.8. The highest BCUT2D eigenvalue weighted by atomic mass is 35.5. The summed E-state index contributed by atoms with van der Waals surface area (Å²) in [7, 11) is -3.69. The van der Waals surface area contributed by atoms with Crippen LogP contribution in [0, 0.1) is 27.4 Å². The molecule has 0 aliphatic carbocycles. The number of nitro benzene ring substituents is 1. The summed E-state index contributed by atoms with van der Waals surface area (Å²) < 4.78 is 33.1. The number of halogens is 1. The van der Waals surface area contributed by atoms with Crippen molar-refractivity contribution in [1.82, 2.24) is 9.62 Å². The van der Waals surface area contributed by atoms with E-state index in [1.165, 1.54) is 24.3 Å². The number of sulfonamides is 1. The Kier molecular flexibility index (Phi) is 7.92. The number of non-ortho nitro benzene ring substituents is 1. The number of nitrogens with one attached hydrogen (secondary N) is 1. The third-order valence-corrected chi connectivity index (χ3v) is 7.54. The monoisotopic (exact) mass is 492 g/mol. The van der Waals surface area contributed by atoms with Crippen molar-refractivity contribution in [2.24, 2.45) is 5.92 Å². The quantitative estimate of drug-likeness (QED) is 0.341. The summed E-state index contributed by atoms with van der Waals surface area (Å²) in [5.41, 5.74) is 1.61. The summed E-state index contributed by atoms with van der Waals surface area (Å²) in [6, 6.07) is 12.6. The van der Waals surface area contributed by atoms with Gasteiger partial charge in [-0.05, 0) is 49.7 Å². The Morgan fingerprint density at radius 3 is 2.64 bits per heavy atom. The molecule has 2 aliphatic rings. The molecule has 1 saturated heterocycles. The maximum Gasteiger partial charge on any atom is 0.269 e. The minimum absolute atomic E-state index is 0. The van der Waals surface area contributed by atoms with Gasteiger partial charge in [0.05, 0.1) is 28.1 Å². The Labute approximate surface area is 199 Å². The number of hydrogen-bond donors (Lipinski definition) is 1. The van der Waals surface area contributed by atoms with E-state index in [2.05, 4.69) is 15.7 Å². The largest absolute Gasteiger partial charge is 0.493 e. The number of ether oxygens (including phenoxy) is 1. The Hall–Kier alpha value is -2.71. The summed E-state index contributed by atoms with van der Waals surface area (Å²) in [5, 5.41) is 19.9. The standard InChI is InChI=1S/C22H24N4O5S.ClH/c23-12-16-3-8-22-20(11-16)21-14-25(13-17(21)15-31-22)10-2-1-9-24-32(29,30)19-6-4-18(5-7-19)26(27)28;/h3-8,11,17,21,24H,1-2,9-10,13-15H2;1H. The van der Waals surface area contributed by atoms with Crippen LogP contribution in [0.1, 0.15) is 29.9 Å². The minimum Gasteiger partial charge on any atom is -0.493 e. The first-order valence-electron chi connectivity index (χ1n) is 10.5. The van der Waals surface area contributed by atoms with E-state index in [-0.39, 0.29) is 23.0 Å². The van der Waals surface area contributed by atoms with Gasteiger partial charge in [-0.1, -0.05) is 0 Å². The molecule has 2 unspecified atom stereocenters. The number of hydrogen-bond acceptors (Lipinski definition) is 7. The molecule has 0 amide bonds. The minimum atomic E-state index is -3.69. The molecule has 11 heteroatoms. The molecule has 9 nitrogen and oxygen atoms in total. The number of unbranched alkanes of at least 4 members (excludes halogenated alkanes) is 1. The SMILES string of the molecule is Cl.N#Cc1ccc2c(c1)C1CN(CCCCNS(=O)(=O)c3ccc([N+](=O)[O-])cc3)CC1CO2. The predicted molar refractivity (Wildman–Crippen MR) is 124 cm³/mol. The summed E-state index contributed by atoms with van der Waals surface area (Å²) >= 11 is 0. The molecule has 176 valence electrons. The molecule has 2 aliphatic heterocycles. The molecule has 33 heavy (non-hydrogen) atoms. The lowest BCUT2D eigenvalue weighted by molar-refractivity contribution is -0.384. The average molecular weight is 493 g/mol. The normalized spacial score (nSPS) is 19.5. The molecule has 2 atom stereocenters. The van der Waals surface area contributed by atoms with Crippen molar-refractivity contribution in [2.75, 3.05) is 32.8 Å². The number of fused-ring (bicyclic) bond motifs is 3. The van der Waals surface area contributed by atoms with Gasteiger partial charge in [-0.25, -0.2) is 13.1 Å². The predicted octanol–water partition coefficient (Wildman–Crippen LogP) is 3.05. The first-order valence-corrected chi connectivity index (χ1v) is 12.0. The van der Waals surface area contributed by atoms with Gasteiger partial charge in [0, 0.05) is 49.2 Å². The van der Waals surface area contributed by atoms with Crippen LogP contribution in [-0.2, 0) is 10.0 Å². The summed E-state index contributed by atoms with van der Waals surface area (Å²) in [5.74, 6) is 1.62. The van der Waals surface area contributed by atoms with Gasteiger partial charge in [-0.2, -0.15) is 5.26 Å². The fourth-order valence-corrected chi connectivity index (χ4v) is 5.47. The summed E-state index contributed by atoms with van der Waals surface area (Å²) in [4.78, 5) is 12.5. The zero-order chi connectivity index (χ0) is 22.7. The van der Waals surface area contributed by atoms with E-state index in [0.717, 1.165) is 37.4 Å². The molecule has 2 aromatic rings. The number of nitriles is 1. The fraction of sp³-hybridized carbons (Fsp3) is 0.409. The molecular weight excluding hydrogens is 468 g/mol. The number of nitrogens with zero attached hydrogens (tertiary/aromatic N) is 3. The molecule has 2 aromatic carbocycles. The van der Waals surface area contributed by atoms with Crippen LogP contribution >= 0.6 is 12.4 Å². The van der Waals surface area contributed by atoms with Crippen molar-refractivity contribution in [3.05, 3.63) is 63.7 Å². The number of benzene rings is 2. The van der Waals surface area contributed by atoms with E-state index in [4.69, 9.17) is 4.74 Å². The van der Waals surface area contributed by atoms with Crippen LogP contribution in [-0.4, -0.2) is 51.0 Å². The number of likely N-dealkylation sites (tertiary alicyclic amines) is 1. The lowest BCUT2D eigenvalue weighted by atomic mass is 9.86. The van der Waals surface area contributed by atoms with Crippen LogP contribution in [0.15, 0.2) is 47.4 Å². The first-order chi connectivity index (χ1) is 15.4. The smallest absolute Gasteiger partial charge is 0.269 e. The van der Waals surface area contributed by atoms with Gasteiger partial charge in [0.25, 0.3) is 5.69 Å². The maximum atomic E-state index is 12.3. The summed E-state index contributed by atoms with van der Waals surface area (Å²) in [6.45, 7) is 3.67. The zero-order valence-corrected chi connectivity index (χ0v) is 19.5. The van der Waals surface area contributed by atoms with Crippen molar-refractivity contribution in [2.45, 2.75) is 23.7 Å². The Balaban J connectivity index is 0.00000306. The molecule has 1 N–H and O–H groups in total. The highest BCUT2D eigenvalue weighted by molar-refractivity contribution is 7.89. The molecule has 0 saturated carbocycles. The van der Waals surface area contributed by atoms with Gasteiger partial charge >= 0.3 is 0 Å². The van der Waals surface area contributed by atoms with Crippen LogP contribution in [0.25, 0.3) is 0 Å². The van der Waals surface area contributed by atoms with E-state index in [0.29, 0.717) is 37.0 Å². The fourth-order valence-electron chi connectivity index (χ4n) is 4.40. The molecule has 0 bridgehead atoms. The average Bonchev–Trinajstić information content (AvgIpc) is 3.22. The highest BCUT2D eigenvalue weighted by Crippen LogP contribution is 2.41. The Bertz CT molecular complexity index is 1150. The second-order valence-corrected chi connectivity index (χ2v) is 9.92. The number of nitro groups is 1. The van der Waals surface area contributed by atoms with Crippen LogP contribution in [0.2, 0.25) is 0 Å². The van der Waals surface area contributed by atoms with Crippen molar-refractivity contribution in [1.29, 1.82) is 5.26 Å². The van der Waals surface area contributed by atoms with E-state index in [9.17, 15) is 23.8 Å². The van der Waals surface area contributed by atoms with Gasteiger partial charge in [-0.3, -0.25) is 10.1 Å². The molecule has 4 rings (SSSR count). The van der Waals surface area contributed by atoms with Crippen molar-refractivity contribution < 1.29 is 18.1 Å². The van der Waals surface area contributed by atoms with Crippen LogP contribution in [0.5, 0.6) is 5.75 Å². The lowest BCUT2D eigenvalue weighted by Gasteiger charge is -2.27. The number of rotatable bonds is 8. The Morgan fingerprint density at radius 1 is 1.18 bits per heavy atom.